The lowest BCUT2D eigenvalue weighted by molar-refractivity contribution is 0.482. The number of aromatic nitrogens is 1. The standard InChI is InChI=1S/C15H25N3/c1-3-9-16-15-11-14(8-10-17-15)18-12(2)13-6-4-5-7-13/h8,10-13H,3-7,9H2,1-2H3,(H2,16,17,18). The molecule has 1 saturated carbocycles. The Bertz CT molecular complexity index is 359. The van der Waals surface area contributed by atoms with Gasteiger partial charge in [0.1, 0.15) is 5.82 Å². The van der Waals surface area contributed by atoms with Crippen molar-refractivity contribution in [3.63, 3.8) is 0 Å². The third kappa shape index (κ3) is 3.62. The second kappa shape index (κ2) is 6.62. The van der Waals surface area contributed by atoms with E-state index in [9.17, 15) is 0 Å². The van der Waals surface area contributed by atoms with Crippen molar-refractivity contribution in [3.8, 4) is 0 Å². The average Bonchev–Trinajstić information content (AvgIpc) is 2.91. The van der Waals surface area contributed by atoms with Crippen molar-refractivity contribution in [2.75, 3.05) is 17.2 Å². The van der Waals surface area contributed by atoms with E-state index in [1.54, 1.807) is 0 Å². The number of rotatable bonds is 6. The van der Waals surface area contributed by atoms with Gasteiger partial charge < -0.3 is 10.6 Å². The fourth-order valence-corrected chi connectivity index (χ4v) is 2.71. The van der Waals surface area contributed by atoms with E-state index in [2.05, 4.69) is 41.6 Å². The highest BCUT2D eigenvalue weighted by atomic mass is 15.0. The molecule has 1 unspecified atom stereocenters. The van der Waals surface area contributed by atoms with Crippen LogP contribution in [0.4, 0.5) is 11.5 Å². The smallest absolute Gasteiger partial charge is 0.127 e. The molecule has 0 spiro atoms. The molecule has 1 fully saturated rings. The van der Waals surface area contributed by atoms with E-state index in [-0.39, 0.29) is 0 Å². The van der Waals surface area contributed by atoms with Crippen LogP contribution in [-0.2, 0) is 0 Å². The first-order valence-corrected chi connectivity index (χ1v) is 7.26. The molecular weight excluding hydrogens is 222 g/mol. The quantitative estimate of drug-likeness (QED) is 0.800. The zero-order chi connectivity index (χ0) is 12.8. The van der Waals surface area contributed by atoms with E-state index < -0.39 is 0 Å². The predicted octanol–water partition coefficient (Wildman–Crippen LogP) is 3.89. The predicted molar refractivity (Wildman–Crippen MR) is 78.1 cm³/mol. The monoisotopic (exact) mass is 247 g/mol. The van der Waals surface area contributed by atoms with Gasteiger partial charge in [-0.25, -0.2) is 4.98 Å². The Kier molecular flexibility index (Phi) is 4.85. The minimum Gasteiger partial charge on any atom is -0.382 e. The van der Waals surface area contributed by atoms with Crippen molar-refractivity contribution in [2.24, 2.45) is 5.92 Å². The third-order valence-electron chi connectivity index (χ3n) is 3.82. The molecule has 0 amide bonds. The number of hydrogen-bond donors (Lipinski definition) is 2. The highest BCUT2D eigenvalue weighted by Gasteiger charge is 2.21. The summed E-state index contributed by atoms with van der Waals surface area (Å²) in [6.45, 7) is 5.45. The summed E-state index contributed by atoms with van der Waals surface area (Å²) in [5.41, 5.74) is 1.18. The van der Waals surface area contributed by atoms with Gasteiger partial charge >= 0.3 is 0 Å². The lowest BCUT2D eigenvalue weighted by atomic mass is 10.00. The van der Waals surface area contributed by atoms with Crippen molar-refractivity contribution < 1.29 is 0 Å². The number of hydrogen-bond acceptors (Lipinski definition) is 3. The van der Waals surface area contributed by atoms with Crippen LogP contribution in [-0.4, -0.2) is 17.6 Å². The Morgan fingerprint density at radius 3 is 2.89 bits per heavy atom. The summed E-state index contributed by atoms with van der Waals surface area (Å²) in [7, 11) is 0. The largest absolute Gasteiger partial charge is 0.382 e. The zero-order valence-electron chi connectivity index (χ0n) is 11.6. The summed E-state index contributed by atoms with van der Waals surface area (Å²) < 4.78 is 0. The highest BCUT2D eigenvalue weighted by Crippen LogP contribution is 2.29. The van der Waals surface area contributed by atoms with Gasteiger partial charge in [-0.3, -0.25) is 0 Å². The fraction of sp³-hybridized carbons (Fsp3) is 0.667. The summed E-state index contributed by atoms with van der Waals surface area (Å²) in [6.07, 6.45) is 8.55. The highest BCUT2D eigenvalue weighted by molar-refractivity contribution is 5.52. The van der Waals surface area contributed by atoms with Gasteiger partial charge in [-0.05, 0) is 38.2 Å². The van der Waals surface area contributed by atoms with Crippen molar-refractivity contribution in [1.29, 1.82) is 0 Å². The van der Waals surface area contributed by atoms with Crippen LogP contribution in [0.1, 0.15) is 46.0 Å². The minimum absolute atomic E-state index is 0.564. The van der Waals surface area contributed by atoms with Crippen LogP contribution in [0.25, 0.3) is 0 Å². The molecule has 0 bridgehead atoms. The molecule has 0 aromatic carbocycles. The molecule has 1 atom stereocenters. The second-order valence-corrected chi connectivity index (χ2v) is 5.33. The topological polar surface area (TPSA) is 37.0 Å². The average molecular weight is 247 g/mol. The fourth-order valence-electron chi connectivity index (χ4n) is 2.71. The number of nitrogens with zero attached hydrogens (tertiary/aromatic N) is 1. The van der Waals surface area contributed by atoms with Crippen LogP contribution in [0.15, 0.2) is 18.3 Å². The van der Waals surface area contributed by atoms with Crippen molar-refractivity contribution in [3.05, 3.63) is 18.3 Å². The van der Waals surface area contributed by atoms with Gasteiger partial charge in [-0.2, -0.15) is 0 Å². The molecule has 3 heteroatoms. The molecule has 100 valence electrons. The summed E-state index contributed by atoms with van der Waals surface area (Å²) in [5.74, 6) is 1.81. The molecule has 2 rings (SSSR count). The second-order valence-electron chi connectivity index (χ2n) is 5.33. The van der Waals surface area contributed by atoms with Crippen LogP contribution in [0, 0.1) is 5.92 Å². The zero-order valence-corrected chi connectivity index (χ0v) is 11.6. The van der Waals surface area contributed by atoms with E-state index in [0.29, 0.717) is 6.04 Å². The van der Waals surface area contributed by atoms with Crippen molar-refractivity contribution in [2.45, 2.75) is 52.0 Å². The Morgan fingerprint density at radius 1 is 1.39 bits per heavy atom. The van der Waals surface area contributed by atoms with E-state index in [4.69, 9.17) is 0 Å². The molecule has 2 N–H and O–H groups in total. The minimum atomic E-state index is 0.564. The first kappa shape index (κ1) is 13.2. The van der Waals surface area contributed by atoms with Crippen LogP contribution < -0.4 is 10.6 Å². The molecule has 3 nitrogen and oxygen atoms in total. The Balaban J connectivity index is 1.91. The molecular formula is C15H25N3. The van der Waals surface area contributed by atoms with Crippen LogP contribution in [0.5, 0.6) is 0 Å². The first-order chi connectivity index (χ1) is 8.79. The van der Waals surface area contributed by atoms with Crippen molar-refractivity contribution in [1.82, 2.24) is 4.98 Å². The Morgan fingerprint density at radius 2 is 2.17 bits per heavy atom. The first-order valence-electron chi connectivity index (χ1n) is 7.26. The van der Waals surface area contributed by atoms with Crippen LogP contribution >= 0.6 is 0 Å². The van der Waals surface area contributed by atoms with Gasteiger partial charge in [0.25, 0.3) is 0 Å². The maximum absolute atomic E-state index is 4.33. The van der Waals surface area contributed by atoms with E-state index in [1.165, 1.54) is 31.4 Å². The SMILES string of the molecule is CCCNc1cc(NC(C)C2CCCC2)ccn1. The Hall–Kier alpha value is -1.25. The molecule has 1 aromatic rings. The van der Waals surface area contributed by atoms with Gasteiger partial charge in [0.05, 0.1) is 0 Å². The maximum Gasteiger partial charge on any atom is 0.127 e. The molecule has 1 heterocycles. The van der Waals surface area contributed by atoms with Gasteiger partial charge in [0.2, 0.25) is 0 Å². The lowest BCUT2D eigenvalue weighted by Crippen LogP contribution is -2.23. The summed E-state index contributed by atoms with van der Waals surface area (Å²) in [5, 5.41) is 6.95. The van der Waals surface area contributed by atoms with Gasteiger partial charge in [0, 0.05) is 30.5 Å². The number of pyridine rings is 1. The van der Waals surface area contributed by atoms with E-state index >= 15 is 0 Å². The molecule has 1 aliphatic carbocycles. The molecule has 0 aliphatic heterocycles. The molecule has 0 saturated heterocycles. The molecule has 0 radical (unpaired) electrons. The lowest BCUT2D eigenvalue weighted by Gasteiger charge is -2.21. The van der Waals surface area contributed by atoms with Gasteiger partial charge in [-0.1, -0.05) is 19.8 Å². The summed E-state index contributed by atoms with van der Waals surface area (Å²) >= 11 is 0. The number of anilines is 2. The van der Waals surface area contributed by atoms with E-state index in [0.717, 1.165) is 24.7 Å². The van der Waals surface area contributed by atoms with Crippen LogP contribution in [0.2, 0.25) is 0 Å². The van der Waals surface area contributed by atoms with Crippen molar-refractivity contribution >= 4 is 11.5 Å². The molecule has 18 heavy (non-hydrogen) atoms. The Labute approximate surface area is 110 Å². The molecule has 1 aromatic heterocycles. The number of nitrogens with one attached hydrogen (secondary N) is 2. The van der Waals surface area contributed by atoms with Gasteiger partial charge in [-0.15, -0.1) is 0 Å². The third-order valence-corrected chi connectivity index (χ3v) is 3.82. The van der Waals surface area contributed by atoms with Gasteiger partial charge in [0.15, 0.2) is 0 Å². The summed E-state index contributed by atoms with van der Waals surface area (Å²) in [4.78, 5) is 4.33. The summed E-state index contributed by atoms with van der Waals surface area (Å²) in [6, 6.07) is 4.73. The van der Waals surface area contributed by atoms with Crippen LogP contribution in [0.3, 0.4) is 0 Å². The molecule has 1 aliphatic rings. The maximum atomic E-state index is 4.33. The normalized spacial score (nSPS) is 17.7. The van der Waals surface area contributed by atoms with E-state index in [1.807, 2.05) is 6.20 Å².